The van der Waals surface area contributed by atoms with Crippen LogP contribution in [0.3, 0.4) is 0 Å². The minimum atomic E-state index is -0.642. The molecule has 0 fully saturated rings. The van der Waals surface area contributed by atoms with Crippen molar-refractivity contribution in [3.63, 3.8) is 0 Å². The number of benzene rings is 1. The van der Waals surface area contributed by atoms with Gasteiger partial charge in [-0.1, -0.05) is 26.0 Å². The van der Waals surface area contributed by atoms with Gasteiger partial charge in [-0.3, -0.25) is 9.59 Å². The second kappa shape index (κ2) is 6.74. The second-order valence-electron chi connectivity index (χ2n) is 6.40. The first-order valence-corrected chi connectivity index (χ1v) is 7.27. The Labute approximate surface area is 127 Å². The van der Waals surface area contributed by atoms with E-state index in [1.54, 1.807) is 11.9 Å². The third-order valence-electron chi connectivity index (χ3n) is 3.61. The molecule has 0 aliphatic carbocycles. The summed E-state index contributed by atoms with van der Waals surface area (Å²) in [6.45, 7) is 9.74. The van der Waals surface area contributed by atoms with Crippen LogP contribution in [0.5, 0.6) is 0 Å². The van der Waals surface area contributed by atoms with E-state index >= 15 is 0 Å². The van der Waals surface area contributed by atoms with Gasteiger partial charge in [0.1, 0.15) is 0 Å². The molecule has 1 N–H and O–H groups in total. The first-order chi connectivity index (χ1) is 9.65. The Morgan fingerprint density at radius 1 is 1.19 bits per heavy atom. The van der Waals surface area contributed by atoms with Crippen molar-refractivity contribution >= 4 is 17.5 Å². The van der Waals surface area contributed by atoms with Crippen molar-refractivity contribution in [2.24, 2.45) is 5.41 Å². The second-order valence-corrected chi connectivity index (χ2v) is 6.40. The Hall–Kier alpha value is -1.84. The quantitative estimate of drug-likeness (QED) is 0.906. The maximum Gasteiger partial charge on any atom is 0.234 e. The van der Waals surface area contributed by atoms with Gasteiger partial charge in [-0.05, 0) is 37.5 Å². The molecular formula is C17H26N2O2. The number of hydrogen-bond acceptors (Lipinski definition) is 2. The van der Waals surface area contributed by atoms with Crippen LogP contribution in [-0.2, 0) is 9.59 Å². The van der Waals surface area contributed by atoms with Gasteiger partial charge in [0.05, 0.1) is 5.41 Å². The molecule has 1 aromatic rings. The molecule has 0 aliphatic heterocycles. The highest BCUT2D eigenvalue weighted by Gasteiger charge is 2.31. The van der Waals surface area contributed by atoms with E-state index in [4.69, 9.17) is 0 Å². The van der Waals surface area contributed by atoms with E-state index in [1.165, 1.54) is 12.5 Å². The predicted octanol–water partition coefficient (Wildman–Crippen LogP) is 2.94. The van der Waals surface area contributed by atoms with E-state index in [9.17, 15) is 9.59 Å². The Kier molecular flexibility index (Phi) is 5.53. The number of hydrogen-bond donors (Lipinski definition) is 1. The van der Waals surface area contributed by atoms with Crippen LogP contribution >= 0.6 is 0 Å². The van der Waals surface area contributed by atoms with Crippen molar-refractivity contribution in [1.82, 2.24) is 5.32 Å². The Bertz CT molecular complexity index is 504. The molecule has 0 atom stereocenters. The van der Waals surface area contributed by atoms with Crippen LogP contribution in [0.15, 0.2) is 24.3 Å². The van der Waals surface area contributed by atoms with Gasteiger partial charge >= 0.3 is 0 Å². The molecule has 0 unspecified atom stereocenters. The molecule has 4 heteroatoms. The first kappa shape index (κ1) is 17.2. The molecule has 0 aliphatic rings. The average Bonchev–Trinajstić information content (AvgIpc) is 2.43. The molecule has 0 heterocycles. The molecule has 21 heavy (non-hydrogen) atoms. The maximum absolute atomic E-state index is 12.6. The summed E-state index contributed by atoms with van der Waals surface area (Å²) in [5.41, 5.74) is 1.47. The van der Waals surface area contributed by atoms with E-state index in [1.807, 2.05) is 38.1 Å². The van der Waals surface area contributed by atoms with E-state index in [-0.39, 0.29) is 11.8 Å². The number of carbonyl (C=O) groups excluding carboxylic acids is 2. The topological polar surface area (TPSA) is 49.4 Å². The number of nitrogens with one attached hydrogen (secondary N) is 1. The number of anilines is 1. The van der Waals surface area contributed by atoms with Crippen molar-refractivity contribution in [3.05, 3.63) is 29.8 Å². The molecule has 0 bridgehead atoms. The van der Waals surface area contributed by atoms with Gasteiger partial charge in [0.15, 0.2) is 0 Å². The minimum Gasteiger partial charge on any atom is -0.355 e. The predicted molar refractivity (Wildman–Crippen MR) is 86.4 cm³/mol. The molecule has 0 aromatic heterocycles. The third-order valence-corrected chi connectivity index (χ3v) is 3.61. The molecule has 0 spiro atoms. The summed E-state index contributed by atoms with van der Waals surface area (Å²) in [5.74, 6) is 0.324. The lowest BCUT2D eigenvalue weighted by atomic mass is 9.91. The number of rotatable bonds is 5. The largest absolute Gasteiger partial charge is 0.355 e. The van der Waals surface area contributed by atoms with Crippen LogP contribution in [-0.4, -0.2) is 25.4 Å². The van der Waals surface area contributed by atoms with Crippen LogP contribution in [0.4, 0.5) is 5.69 Å². The number of nitrogens with zero attached hydrogens (tertiary/aromatic N) is 1. The molecule has 4 nitrogen and oxygen atoms in total. The van der Waals surface area contributed by atoms with Gasteiger partial charge in [0, 0.05) is 26.2 Å². The molecule has 0 saturated carbocycles. The van der Waals surface area contributed by atoms with Crippen molar-refractivity contribution in [3.8, 4) is 0 Å². The molecule has 1 aromatic carbocycles. The molecule has 116 valence electrons. The zero-order chi connectivity index (χ0) is 16.2. The highest BCUT2D eigenvalue weighted by Crippen LogP contribution is 2.24. The lowest BCUT2D eigenvalue weighted by Gasteiger charge is -2.29. The maximum atomic E-state index is 12.6. The molecule has 2 amide bonds. The fourth-order valence-electron chi connectivity index (χ4n) is 2.08. The van der Waals surface area contributed by atoms with Crippen molar-refractivity contribution in [2.75, 3.05) is 18.5 Å². The van der Waals surface area contributed by atoms with Gasteiger partial charge in [-0.2, -0.15) is 0 Å². The lowest BCUT2D eigenvalue weighted by Crippen LogP contribution is -2.45. The van der Waals surface area contributed by atoms with Crippen molar-refractivity contribution in [2.45, 2.75) is 40.5 Å². The summed E-state index contributed by atoms with van der Waals surface area (Å²) < 4.78 is 0. The van der Waals surface area contributed by atoms with Crippen LogP contribution in [0, 0.1) is 5.41 Å². The summed E-state index contributed by atoms with van der Waals surface area (Å²) in [6.07, 6.45) is 0. The number of carbonyl (C=O) groups is 2. The summed E-state index contributed by atoms with van der Waals surface area (Å²) in [7, 11) is 1.77. The summed E-state index contributed by atoms with van der Waals surface area (Å²) in [5, 5.41) is 2.71. The summed E-state index contributed by atoms with van der Waals surface area (Å²) >= 11 is 0. The highest BCUT2D eigenvalue weighted by atomic mass is 16.2. The molecule has 0 saturated heterocycles. The zero-order valence-corrected chi connectivity index (χ0v) is 13.9. The Morgan fingerprint density at radius 3 is 2.14 bits per heavy atom. The van der Waals surface area contributed by atoms with Gasteiger partial charge in [-0.25, -0.2) is 0 Å². The van der Waals surface area contributed by atoms with E-state index in [0.29, 0.717) is 12.5 Å². The monoisotopic (exact) mass is 290 g/mol. The van der Waals surface area contributed by atoms with E-state index in [0.717, 1.165) is 5.69 Å². The third kappa shape index (κ3) is 4.59. The van der Waals surface area contributed by atoms with Crippen LogP contribution in [0.1, 0.15) is 46.1 Å². The average molecular weight is 290 g/mol. The molecular weight excluding hydrogens is 264 g/mol. The molecule has 1 rings (SSSR count). The number of amides is 2. The first-order valence-electron chi connectivity index (χ1n) is 7.27. The van der Waals surface area contributed by atoms with Gasteiger partial charge in [0.25, 0.3) is 0 Å². The Morgan fingerprint density at radius 2 is 1.71 bits per heavy atom. The fourth-order valence-corrected chi connectivity index (χ4v) is 2.08. The van der Waals surface area contributed by atoms with Gasteiger partial charge in [-0.15, -0.1) is 0 Å². The van der Waals surface area contributed by atoms with Crippen LogP contribution < -0.4 is 10.2 Å². The van der Waals surface area contributed by atoms with Crippen molar-refractivity contribution in [1.29, 1.82) is 0 Å². The summed E-state index contributed by atoms with van der Waals surface area (Å²) in [6, 6.07) is 8.01. The normalized spacial score (nSPS) is 11.4. The Balaban J connectivity index is 2.83. The van der Waals surface area contributed by atoms with Crippen LogP contribution in [0.2, 0.25) is 0 Å². The van der Waals surface area contributed by atoms with Gasteiger partial charge < -0.3 is 10.2 Å². The van der Waals surface area contributed by atoms with Crippen LogP contribution in [0.25, 0.3) is 0 Å². The minimum absolute atomic E-state index is 0.0199. The van der Waals surface area contributed by atoms with E-state index < -0.39 is 5.41 Å². The molecule has 0 radical (unpaired) electrons. The smallest absolute Gasteiger partial charge is 0.234 e. The standard InChI is InChI=1S/C17H26N2O2/c1-12(2)14-7-9-15(10-8-14)19(6)16(21)17(4,5)11-18-13(3)20/h7-10,12H,11H2,1-6H3,(H,18,20). The highest BCUT2D eigenvalue weighted by molar-refractivity contribution is 5.97. The lowest BCUT2D eigenvalue weighted by molar-refractivity contribution is -0.127. The summed E-state index contributed by atoms with van der Waals surface area (Å²) in [4.78, 5) is 25.2. The zero-order valence-electron chi connectivity index (χ0n) is 13.9. The van der Waals surface area contributed by atoms with E-state index in [2.05, 4.69) is 19.2 Å². The van der Waals surface area contributed by atoms with Crippen molar-refractivity contribution < 1.29 is 9.59 Å². The fraction of sp³-hybridized carbons (Fsp3) is 0.529. The van der Waals surface area contributed by atoms with Gasteiger partial charge in [0.2, 0.25) is 11.8 Å². The SMILES string of the molecule is CC(=O)NCC(C)(C)C(=O)N(C)c1ccc(C(C)C)cc1.